The summed E-state index contributed by atoms with van der Waals surface area (Å²) in [6, 6.07) is 15.5. The normalized spacial score (nSPS) is 10.8. The number of nitrogens with zero attached hydrogens (tertiary/aromatic N) is 3. The zero-order chi connectivity index (χ0) is 11.0. The van der Waals surface area contributed by atoms with Crippen molar-refractivity contribution in [1.29, 1.82) is 0 Å². The van der Waals surface area contributed by atoms with Crippen LogP contribution in [0.1, 0.15) is 0 Å². The van der Waals surface area contributed by atoms with Crippen molar-refractivity contribution in [2.24, 2.45) is 0 Å². The van der Waals surface area contributed by atoms with Crippen LogP contribution in [-0.4, -0.2) is 14.6 Å². The van der Waals surface area contributed by atoms with Crippen molar-refractivity contribution in [3.05, 3.63) is 48.5 Å². The van der Waals surface area contributed by atoms with Gasteiger partial charge in [-0.3, -0.25) is 4.40 Å². The molecule has 0 saturated heterocycles. The standard InChI is InChI=1S/C12H10N4/c13-10-7-4-8-11-14-15-12(16(10)11)9-5-2-1-3-6-9/h1-8H,13H2. The maximum Gasteiger partial charge on any atom is 0.169 e. The molecule has 0 aliphatic carbocycles. The van der Waals surface area contributed by atoms with Crippen LogP contribution >= 0.6 is 0 Å². The Morgan fingerprint density at radius 3 is 2.50 bits per heavy atom. The Hall–Kier alpha value is -2.36. The summed E-state index contributed by atoms with van der Waals surface area (Å²) in [4.78, 5) is 0. The lowest BCUT2D eigenvalue weighted by molar-refractivity contribution is 1.11. The lowest BCUT2D eigenvalue weighted by Crippen LogP contribution is -1.97. The summed E-state index contributed by atoms with van der Waals surface area (Å²) in [6.45, 7) is 0. The van der Waals surface area contributed by atoms with Crippen LogP contribution in [0.15, 0.2) is 48.5 Å². The Morgan fingerprint density at radius 1 is 0.875 bits per heavy atom. The van der Waals surface area contributed by atoms with Crippen molar-refractivity contribution in [2.75, 3.05) is 5.73 Å². The smallest absolute Gasteiger partial charge is 0.169 e. The SMILES string of the molecule is Nc1cccc2nnc(-c3ccccc3)n12. The number of hydrogen-bond donors (Lipinski definition) is 1. The van der Waals surface area contributed by atoms with Crippen molar-refractivity contribution in [3.63, 3.8) is 0 Å². The van der Waals surface area contributed by atoms with E-state index in [9.17, 15) is 0 Å². The molecule has 0 radical (unpaired) electrons. The van der Waals surface area contributed by atoms with Gasteiger partial charge in [-0.2, -0.15) is 0 Å². The average molecular weight is 210 g/mol. The number of nitrogen functional groups attached to an aromatic ring is 1. The van der Waals surface area contributed by atoms with Gasteiger partial charge in [-0.05, 0) is 12.1 Å². The number of anilines is 1. The van der Waals surface area contributed by atoms with Crippen LogP contribution in [0.25, 0.3) is 17.0 Å². The minimum Gasteiger partial charge on any atom is -0.385 e. The third kappa shape index (κ3) is 1.24. The molecule has 0 aliphatic heterocycles. The first-order valence-corrected chi connectivity index (χ1v) is 5.01. The van der Waals surface area contributed by atoms with Gasteiger partial charge in [-0.1, -0.05) is 36.4 Å². The van der Waals surface area contributed by atoms with E-state index in [1.807, 2.05) is 52.9 Å². The second kappa shape index (κ2) is 3.34. The Kier molecular flexibility index (Phi) is 1.86. The second-order valence-electron chi connectivity index (χ2n) is 3.53. The molecule has 3 rings (SSSR count). The van der Waals surface area contributed by atoms with Crippen LogP contribution in [0.5, 0.6) is 0 Å². The number of aromatic nitrogens is 3. The monoisotopic (exact) mass is 210 g/mol. The van der Waals surface area contributed by atoms with Crippen molar-refractivity contribution < 1.29 is 0 Å². The van der Waals surface area contributed by atoms with Crippen LogP contribution in [0.4, 0.5) is 5.82 Å². The van der Waals surface area contributed by atoms with Crippen LogP contribution in [0.3, 0.4) is 0 Å². The predicted molar refractivity (Wildman–Crippen MR) is 62.8 cm³/mol. The number of rotatable bonds is 1. The first-order chi connectivity index (χ1) is 7.86. The second-order valence-corrected chi connectivity index (χ2v) is 3.53. The van der Waals surface area contributed by atoms with E-state index < -0.39 is 0 Å². The fourth-order valence-corrected chi connectivity index (χ4v) is 1.74. The molecule has 0 bridgehead atoms. The zero-order valence-corrected chi connectivity index (χ0v) is 8.54. The van der Waals surface area contributed by atoms with E-state index in [0.717, 1.165) is 17.0 Å². The number of fused-ring (bicyclic) bond motifs is 1. The summed E-state index contributed by atoms with van der Waals surface area (Å²) < 4.78 is 1.84. The molecule has 4 heteroatoms. The summed E-state index contributed by atoms with van der Waals surface area (Å²) in [6.07, 6.45) is 0. The quantitative estimate of drug-likeness (QED) is 0.668. The van der Waals surface area contributed by atoms with Gasteiger partial charge in [-0.25, -0.2) is 0 Å². The highest BCUT2D eigenvalue weighted by atomic mass is 15.3. The van der Waals surface area contributed by atoms with Crippen molar-refractivity contribution in [3.8, 4) is 11.4 Å². The van der Waals surface area contributed by atoms with Crippen LogP contribution in [0.2, 0.25) is 0 Å². The molecule has 16 heavy (non-hydrogen) atoms. The molecule has 2 N–H and O–H groups in total. The zero-order valence-electron chi connectivity index (χ0n) is 8.54. The van der Waals surface area contributed by atoms with E-state index >= 15 is 0 Å². The minimum absolute atomic E-state index is 0.640. The maximum atomic E-state index is 5.92. The van der Waals surface area contributed by atoms with Crippen molar-refractivity contribution in [1.82, 2.24) is 14.6 Å². The summed E-state index contributed by atoms with van der Waals surface area (Å²) in [5.74, 6) is 1.41. The molecule has 0 saturated carbocycles. The molecule has 0 unspecified atom stereocenters. The summed E-state index contributed by atoms with van der Waals surface area (Å²) in [5, 5.41) is 8.25. The van der Waals surface area contributed by atoms with Crippen molar-refractivity contribution in [2.45, 2.75) is 0 Å². The fourth-order valence-electron chi connectivity index (χ4n) is 1.74. The molecule has 1 aromatic carbocycles. The highest BCUT2D eigenvalue weighted by Crippen LogP contribution is 2.20. The molecule has 0 atom stereocenters. The largest absolute Gasteiger partial charge is 0.385 e. The van der Waals surface area contributed by atoms with Gasteiger partial charge in [0.25, 0.3) is 0 Å². The topological polar surface area (TPSA) is 56.2 Å². The van der Waals surface area contributed by atoms with Gasteiger partial charge in [-0.15, -0.1) is 10.2 Å². The molecule has 2 aromatic heterocycles. The van der Waals surface area contributed by atoms with E-state index in [-0.39, 0.29) is 0 Å². The Morgan fingerprint density at radius 2 is 1.69 bits per heavy atom. The molecule has 2 heterocycles. The Labute approximate surface area is 92.4 Å². The summed E-state index contributed by atoms with van der Waals surface area (Å²) in [5.41, 5.74) is 7.69. The van der Waals surface area contributed by atoms with Gasteiger partial charge in [0.05, 0.1) is 0 Å². The molecular formula is C12H10N4. The lowest BCUT2D eigenvalue weighted by atomic mass is 10.2. The average Bonchev–Trinajstić information content (AvgIpc) is 2.75. The van der Waals surface area contributed by atoms with Gasteiger partial charge in [0.1, 0.15) is 5.82 Å². The molecule has 0 spiro atoms. The molecule has 0 amide bonds. The van der Waals surface area contributed by atoms with Crippen LogP contribution in [0, 0.1) is 0 Å². The van der Waals surface area contributed by atoms with Gasteiger partial charge in [0.2, 0.25) is 0 Å². The van der Waals surface area contributed by atoms with Gasteiger partial charge < -0.3 is 5.73 Å². The van der Waals surface area contributed by atoms with Crippen molar-refractivity contribution >= 4 is 11.5 Å². The van der Waals surface area contributed by atoms with Crippen LogP contribution < -0.4 is 5.73 Å². The third-order valence-electron chi connectivity index (χ3n) is 2.49. The fraction of sp³-hybridized carbons (Fsp3) is 0. The minimum atomic E-state index is 0.640. The summed E-state index contributed by atoms with van der Waals surface area (Å²) in [7, 11) is 0. The van der Waals surface area contributed by atoms with E-state index in [1.54, 1.807) is 0 Å². The summed E-state index contributed by atoms with van der Waals surface area (Å²) >= 11 is 0. The maximum absolute atomic E-state index is 5.92. The van der Waals surface area contributed by atoms with Gasteiger partial charge in [0, 0.05) is 5.56 Å². The van der Waals surface area contributed by atoms with Gasteiger partial charge in [0.15, 0.2) is 11.5 Å². The molecule has 0 fully saturated rings. The van der Waals surface area contributed by atoms with E-state index in [2.05, 4.69) is 10.2 Å². The number of benzene rings is 1. The molecular weight excluding hydrogens is 200 g/mol. The van der Waals surface area contributed by atoms with E-state index in [0.29, 0.717) is 5.82 Å². The predicted octanol–water partition coefficient (Wildman–Crippen LogP) is 1.98. The molecule has 3 aromatic rings. The molecule has 0 aliphatic rings. The highest BCUT2D eigenvalue weighted by Gasteiger charge is 2.08. The van der Waals surface area contributed by atoms with E-state index in [4.69, 9.17) is 5.73 Å². The van der Waals surface area contributed by atoms with E-state index in [1.165, 1.54) is 0 Å². The first-order valence-electron chi connectivity index (χ1n) is 5.01. The highest BCUT2D eigenvalue weighted by molar-refractivity contribution is 5.62. The van der Waals surface area contributed by atoms with Gasteiger partial charge >= 0.3 is 0 Å². The van der Waals surface area contributed by atoms with Crippen LogP contribution in [-0.2, 0) is 0 Å². The number of nitrogens with two attached hydrogens (primary N) is 1. The number of hydrogen-bond acceptors (Lipinski definition) is 3. The first kappa shape index (κ1) is 8.91. The number of pyridine rings is 1. The Bertz CT molecular complexity index is 628. The molecule has 4 nitrogen and oxygen atoms in total. The Balaban J connectivity index is 2.33. The third-order valence-corrected chi connectivity index (χ3v) is 2.49. The lowest BCUT2D eigenvalue weighted by Gasteiger charge is -2.02. The molecule has 78 valence electrons.